The highest BCUT2D eigenvalue weighted by atomic mass is 16.3. The molecule has 0 atom stereocenters. The first-order valence-corrected chi connectivity index (χ1v) is 16.6. The zero-order chi connectivity index (χ0) is 32.1. The van der Waals surface area contributed by atoms with Crippen LogP contribution in [-0.2, 0) is 0 Å². The van der Waals surface area contributed by atoms with Crippen molar-refractivity contribution in [3.8, 4) is 33.6 Å². The van der Waals surface area contributed by atoms with Crippen LogP contribution in [0.3, 0.4) is 0 Å². The lowest BCUT2D eigenvalue weighted by molar-refractivity contribution is 0.631. The molecule has 0 aliphatic rings. The van der Waals surface area contributed by atoms with Crippen LogP contribution in [0.2, 0.25) is 0 Å². The van der Waals surface area contributed by atoms with Crippen molar-refractivity contribution in [2.75, 3.05) is 0 Å². The zero-order valence-corrected chi connectivity index (χ0v) is 26.2. The van der Waals surface area contributed by atoms with Crippen molar-refractivity contribution in [1.29, 1.82) is 0 Å². The highest BCUT2D eigenvalue weighted by molar-refractivity contribution is 6.30. The summed E-state index contributed by atoms with van der Waals surface area (Å²) in [7, 11) is 0. The van der Waals surface area contributed by atoms with Crippen LogP contribution in [0, 0.1) is 0 Å². The van der Waals surface area contributed by atoms with Crippen molar-refractivity contribution >= 4 is 76.4 Å². The van der Waals surface area contributed by atoms with Gasteiger partial charge in [-0.25, -0.2) is 0 Å². The van der Waals surface area contributed by atoms with Crippen LogP contribution in [0.15, 0.2) is 171 Å². The lowest BCUT2D eigenvalue weighted by Gasteiger charge is -2.18. The second-order valence-electron chi connectivity index (χ2n) is 12.7. The molecule has 0 fully saturated rings. The minimum Gasteiger partial charge on any atom is -0.456 e. The third-order valence-corrected chi connectivity index (χ3v) is 10.1. The zero-order valence-electron chi connectivity index (χ0n) is 26.2. The van der Waals surface area contributed by atoms with Crippen molar-refractivity contribution in [3.63, 3.8) is 0 Å². The molecule has 11 aromatic rings. The molecule has 3 nitrogen and oxygen atoms in total. The molecule has 49 heavy (non-hydrogen) atoms. The average molecular weight is 627 g/mol. The summed E-state index contributed by atoms with van der Waals surface area (Å²) in [4.78, 5) is 0. The molecule has 228 valence electrons. The summed E-state index contributed by atoms with van der Waals surface area (Å²) < 4.78 is 19.7. The van der Waals surface area contributed by atoms with Crippen LogP contribution in [0.4, 0.5) is 0 Å². The number of benzene rings is 8. The summed E-state index contributed by atoms with van der Waals surface area (Å²) in [6.45, 7) is 0. The first-order chi connectivity index (χ1) is 24.3. The summed E-state index contributed by atoms with van der Waals surface area (Å²) in [5.74, 6) is 0.819. The van der Waals surface area contributed by atoms with E-state index in [1.807, 2.05) is 36.4 Å². The largest absolute Gasteiger partial charge is 0.456 e. The van der Waals surface area contributed by atoms with E-state index in [1.165, 1.54) is 27.1 Å². The van der Waals surface area contributed by atoms with Gasteiger partial charge in [0.1, 0.15) is 33.7 Å². The first kappa shape index (κ1) is 26.5. The molecule has 0 amide bonds. The normalized spacial score (nSPS) is 12.1. The molecular formula is C46H26O3. The second kappa shape index (κ2) is 9.96. The van der Waals surface area contributed by atoms with Gasteiger partial charge in [-0.2, -0.15) is 0 Å². The number of rotatable bonds is 3. The van der Waals surface area contributed by atoms with Gasteiger partial charge in [0.05, 0.1) is 5.39 Å². The quantitative estimate of drug-likeness (QED) is 0.183. The van der Waals surface area contributed by atoms with E-state index >= 15 is 0 Å². The van der Waals surface area contributed by atoms with Crippen molar-refractivity contribution in [2.45, 2.75) is 0 Å². The van der Waals surface area contributed by atoms with Gasteiger partial charge in [-0.15, -0.1) is 0 Å². The molecule has 0 N–H and O–H groups in total. The summed E-state index contributed by atoms with van der Waals surface area (Å²) in [6.07, 6.45) is 0. The van der Waals surface area contributed by atoms with Crippen LogP contribution in [-0.4, -0.2) is 0 Å². The maximum Gasteiger partial charge on any atom is 0.147 e. The van der Waals surface area contributed by atoms with E-state index in [-0.39, 0.29) is 0 Å². The van der Waals surface area contributed by atoms with E-state index in [0.717, 1.165) is 82.9 Å². The van der Waals surface area contributed by atoms with Crippen molar-refractivity contribution in [3.05, 3.63) is 158 Å². The fraction of sp³-hybridized carbons (Fsp3) is 0. The van der Waals surface area contributed by atoms with Gasteiger partial charge in [0.15, 0.2) is 0 Å². The lowest BCUT2D eigenvalue weighted by atomic mass is 9.84. The Morgan fingerprint density at radius 3 is 1.51 bits per heavy atom. The Kier molecular flexibility index (Phi) is 5.38. The number of furan rings is 3. The molecule has 3 aromatic heterocycles. The van der Waals surface area contributed by atoms with E-state index in [1.54, 1.807) is 0 Å². The van der Waals surface area contributed by atoms with Gasteiger partial charge in [-0.1, -0.05) is 127 Å². The molecule has 0 saturated carbocycles. The van der Waals surface area contributed by atoms with Gasteiger partial charge in [0.25, 0.3) is 0 Å². The fourth-order valence-corrected chi connectivity index (χ4v) is 8.03. The summed E-state index contributed by atoms with van der Waals surface area (Å²) in [5.41, 5.74) is 9.93. The standard InChI is InChI=1S/C46H26O3/c1-2-13-27(14-3-1)40-25-35-41(48-40)26-36(45-33-20-9-11-23-38(33)49-46(35)45)43-30-17-6-4-15-28(30)42(29-16-5-7-18-31(29)43)34-21-12-24-39-44(34)32-19-8-10-22-37(32)47-39/h1-26H. The molecule has 3 heterocycles. The molecule has 3 heteroatoms. The minimum atomic E-state index is 0.798. The number of hydrogen-bond acceptors (Lipinski definition) is 3. The molecule has 8 aromatic carbocycles. The first-order valence-electron chi connectivity index (χ1n) is 16.6. The Bertz CT molecular complexity index is 3040. The molecule has 0 unspecified atom stereocenters. The van der Waals surface area contributed by atoms with E-state index in [0.29, 0.717) is 0 Å². The smallest absolute Gasteiger partial charge is 0.147 e. The molecular weight excluding hydrogens is 601 g/mol. The maximum atomic E-state index is 6.70. The van der Waals surface area contributed by atoms with Gasteiger partial charge >= 0.3 is 0 Å². The van der Waals surface area contributed by atoms with E-state index < -0.39 is 0 Å². The monoisotopic (exact) mass is 626 g/mol. The number of hydrogen-bond donors (Lipinski definition) is 0. The van der Waals surface area contributed by atoms with Gasteiger partial charge in [-0.05, 0) is 74.1 Å². The number of para-hydroxylation sites is 2. The SMILES string of the molecule is c1ccc(-c2cc3c(cc(-c4c5ccccc5c(-c5cccc6oc7ccccc7c56)c5ccccc45)c4c5ccccc5oc34)o2)cc1. The molecule has 0 aliphatic heterocycles. The summed E-state index contributed by atoms with van der Waals surface area (Å²) >= 11 is 0. The summed E-state index contributed by atoms with van der Waals surface area (Å²) in [5, 5.41) is 10.1. The topological polar surface area (TPSA) is 39.4 Å². The number of fused-ring (bicyclic) bond motifs is 10. The van der Waals surface area contributed by atoms with Gasteiger partial charge in [0, 0.05) is 27.1 Å². The maximum absolute atomic E-state index is 6.70. The van der Waals surface area contributed by atoms with Crippen LogP contribution >= 0.6 is 0 Å². The average Bonchev–Trinajstić information content (AvgIpc) is 3.87. The third kappa shape index (κ3) is 3.73. The van der Waals surface area contributed by atoms with Gasteiger partial charge in [0.2, 0.25) is 0 Å². The highest BCUT2D eigenvalue weighted by Crippen LogP contribution is 2.50. The van der Waals surface area contributed by atoms with Crippen LogP contribution in [0.5, 0.6) is 0 Å². The van der Waals surface area contributed by atoms with Crippen LogP contribution in [0.1, 0.15) is 0 Å². The molecule has 0 spiro atoms. The third-order valence-electron chi connectivity index (χ3n) is 10.1. The van der Waals surface area contributed by atoms with Crippen LogP contribution in [0.25, 0.3) is 110 Å². The Labute approximate surface area is 280 Å². The molecule has 0 saturated heterocycles. The van der Waals surface area contributed by atoms with Crippen molar-refractivity contribution < 1.29 is 13.3 Å². The predicted octanol–water partition coefficient (Wildman–Crippen LogP) is 13.5. The van der Waals surface area contributed by atoms with Crippen molar-refractivity contribution in [2.24, 2.45) is 0 Å². The molecule has 0 aliphatic carbocycles. The van der Waals surface area contributed by atoms with E-state index in [2.05, 4.69) is 121 Å². The Morgan fingerprint density at radius 1 is 0.306 bits per heavy atom. The summed E-state index contributed by atoms with van der Waals surface area (Å²) in [6, 6.07) is 55.3. The Balaban J connectivity index is 1.31. The van der Waals surface area contributed by atoms with E-state index in [9.17, 15) is 0 Å². The Morgan fingerprint density at radius 2 is 0.837 bits per heavy atom. The highest BCUT2D eigenvalue weighted by Gasteiger charge is 2.24. The molecule has 0 bridgehead atoms. The fourth-order valence-electron chi connectivity index (χ4n) is 8.03. The van der Waals surface area contributed by atoms with E-state index in [4.69, 9.17) is 13.3 Å². The molecule has 11 rings (SSSR count). The predicted molar refractivity (Wildman–Crippen MR) is 202 cm³/mol. The van der Waals surface area contributed by atoms with Crippen molar-refractivity contribution in [1.82, 2.24) is 0 Å². The van der Waals surface area contributed by atoms with Crippen LogP contribution < -0.4 is 0 Å². The Hall–Kier alpha value is -6.58. The molecule has 0 radical (unpaired) electrons. The minimum absolute atomic E-state index is 0.798. The van der Waals surface area contributed by atoms with Gasteiger partial charge in [-0.3, -0.25) is 0 Å². The second-order valence-corrected chi connectivity index (χ2v) is 12.7. The lowest BCUT2D eigenvalue weighted by Crippen LogP contribution is -1.92. The van der Waals surface area contributed by atoms with Gasteiger partial charge < -0.3 is 13.3 Å².